The predicted molar refractivity (Wildman–Crippen MR) is 40.8 cm³/mol. The second-order valence-electron chi connectivity index (χ2n) is 1.10. The summed E-state index contributed by atoms with van der Waals surface area (Å²) in [6.45, 7) is 4.00. The lowest BCUT2D eigenvalue weighted by Gasteiger charge is -1.76. The summed E-state index contributed by atoms with van der Waals surface area (Å²) >= 11 is 4.69. The van der Waals surface area contributed by atoms with Gasteiger partial charge >= 0.3 is 0 Å². The van der Waals surface area contributed by atoms with E-state index >= 15 is 0 Å². The van der Waals surface area contributed by atoms with E-state index in [1.54, 1.807) is 18.6 Å². The molecule has 0 spiro atoms. The van der Waals surface area contributed by atoms with Crippen LogP contribution >= 0.6 is 12.2 Å². The predicted octanol–water partition coefficient (Wildman–Crippen LogP) is 2.17. The van der Waals surface area contributed by atoms with Crippen molar-refractivity contribution >= 4 is 12.2 Å². The summed E-state index contributed by atoms with van der Waals surface area (Å²) in [6.07, 6.45) is 4.94. The van der Waals surface area contributed by atoms with Crippen molar-refractivity contribution in [2.75, 3.05) is 0 Å². The van der Waals surface area contributed by atoms with Gasteiger partial charge in [0.1, 0.15) is 4.64 Å². The molecule has 1 rings (SSSR count). The molecule has 1 N–H and O–H groups in total. The molecule has 0 atom stereocenters. The van der Waals surface area contributed by atoms with Crippen molar-refractivity contribution in [3.63, 3.8) is 0 Å². The number of aromatic amines is 1. The van der Waals surface area contributed by atoms with Gasteiger partial charge in [0.2, 0.25) is 0 Å². The van der Waals surface area contributed by atoms with Crippen molar-refractivity contribution < 1.29 is 0 Å². The average molecular weight is 142 g/mol. The molecule has 0 aliphatic carbocycles. The minimum atomic E-state index is 0.669. The first-order valence-corrected chi connectivity index (χ1v) is 3.29. The fourth-order valence-corrected chi connectivity index (χ4v) is 0.439. The smallest absolute Gasteiger partial charge is 0.121 e. The number of nitrogens with zero attached hydrogens (tertiary/aromatic N) is 1. The van der Waals surface area contributed by atoms with Gasteiger partial charge in [0.05, 0.1) is 6.20 Å². The molecule has 0 aliphatic rings. The molecule has 50 valence electrons. The van der Waals surface area contributed by atoms with Crippen LogP contribution in [0, 0.1) is 4.64 Å². The summed E-state index contributed by atoms with van der Waals surface area (Å²) in [6, 6.07) is 0. The molecule has 2 nitrogen and oxygen atoms in total. The van der Waals surface area contributed by atoms with E-state index in [2.05, 4.69) is 9.97 Å². The molecule has 3 heteroatoms. The summed E-state index contributed by atoms with van der Waals surface area (Å²) in [5.74, 6) is 0. The van der Waals surface area contributed by atoms with Crippen molar-refractivity contribution in [3.05, 3.63) is 23.2 Å². The van der Waals surface area contributed by atoms with E-state index in [1.165, 1.54) is 0 Å². The molecule has 0 aliphatic heterocycles. The van der Waals surface area contributed by atoms with Gasteiger partial charge in [-0.2, -0.15) is 0 Å². The Balaban J connectivity index is 0.000000291. The van der Waals surface area contributed by atoms with Crippen molar-refractivity contribution in [3.8, 4) is 0 Å². The largest absolute Gasteiger partial charge is 0.350 e. The van der Waals surface area contributed by atoms with Crippen LogP contribution in [0.1, 0.15) is 13.8 Å². The third kappa shape index (κ3) is 3.85. The third-order valence-electron chi connectivity index (χ3n) is 0.578. The minimum Gasteiger partial charge on any atom is -0.350 e. The van der Waals surface area contributed by atoms with Crippen LogP contribution in [0.25, 0.3) is 0 Å². The summed E-state index contributed by atoms with van der Waals surface area (Å²) in [5.41, 5.74) is 0. The van der Waals surface area contributed by atoms with Gasteiger partial charge in [0.15, 0.2) is 0 Å². The van der Waals surface area contributed by atoms with Gasteiger partial charge in [-0.3, -0.25) is 4.98 Å². The van der Waals surface area contributed by atoms with E-state index in [9.17, 15) is 0 Å². The van der Waals surface area contributed by atoms with E-state index in [4.69, 9.17) is 12.2 Å². The standard InChI is InChI=1S/C4H4N2S.C2H6/c7-4-3-5-1-2-6-4;1-2/h1-3H,(H,6,7);1-2H3. The van der Waals surface area contributed by atoms with Crippen LogP contribution in [0.4, 0.5) is 0 Å². The first kappa shape index (κ1) is 8.30. The van der Waals surface area contributed by atoms with Crippen molar-refractivity contribution in [1.82, 2.24) is 9.97 Å². The molecule has 0 unspecified atom stereocenters. The zero-order valence-corrected chi connectivity index (χ0v) is 6.40. The van der Waals surface area contributed by atoms with Crippen LogP contribution in [-0.4, -0.2) is 9.97 Å². The van der Waals surface area contributed by atoms with E-state index in [0.717, 1.165) is 0 Å². The highest BCUT2D eigenvalue weighted by molar-refractivity contribution is 7.71. The van der Waals surface area contributed by atoms with Gasteiger partial charge in [-0.1, -0.05) is 26.1 Å². The highest BCUT2D eigenvalue weighted by Crippen LogP contribution is 1.75. The molecule has 0 saturated carbocycles. The Labute approximate surface area is 60.0 Å². The van der Waals surface area contributed by atoms with Crippen LogP contribution < -0.4 is 0 Å². The zero-order valence-electron chi connectivity index (χ0n) is 5.59. The van der Waals surface area contributed by atoms with E-state index in [1.807, 2.05) is 13.8 Å². The molecule has 9 heavy (non-hydrogen) atoms. The van der Waals surface area contributed by atoms with Gasteiger partial charge in [-0.05, 0) is 0 Å². The lowest BCUT2D eigenvalue weighted by molar-refractivity contribution is 1.18. The topological polar surface area (TPSA) is 28.7 Å². The number of H-pyrrole nitrogens is 1. The molecule has 1 aromatic rings. The SMILES string of the molecule is CC.S=c1cncc[nH]1. The Hall–Kier alpha value is -0.700. The number of hydrogen-bond acceptors (Lipinski definition) is 2. The van der Waals surface area contributed by atoms with Crippen LogP contribution in [0.5, 0.6) is 0 Å². The Morgan fingerprint density at radius 1 is 1.56 bits per heavy atom. The molecule has 1 heterocycles. The molecule has 0 radical (unpaired) electrons. The van der Waals surface area contributed by atoms with Crippen molar-refractivity contribution in [2.24, 2.45) is 0 Å². The maximum absolute atomic E-state index is 4.69. The molecular weight excluding hydrogens is 132 g/mol. The lowest BCUT2D eigenvalue weighted by atomic mass is 10.8. The molecule has 0 aromatic carbocycles. The molecular formula is C6H10N2S. The Morgan fingerprint density at radius 3 is 2.44 bits per heavy atom. The number of nitrogens with one attached hydrogen (secondary N) is 1. The summed E-state index contributed by atoms with van der Waals surface area (Å²) in [4.78, 5) is 6.53. The van der Waals surface area contributed by atoms with Gasteiger partial charge in [-0.15, -0.1) is 0 Å². The molecule has 0 fully saturated rings. The second-order valence-corrected chi connectivity index (χ2v) is 1.54. The fraction of sp³-hybridized carbons (Fsp3) is 0.333. The molecule has 0 bridgehead atoms. The summed E-state index contributed by atoms with van der Waals surface area (Å²) in [7, 11) is 0. The van der Waals surface area contributed by atoms with Crippen LogP contribution in [0.3, 0.4) is 0 Å². The molecule has 0 amide bonds. The number of hydrogen-bond donors (Lipinski definition) is 1. The van der Waals surface area contributed by atoms with Crippen LogP contribution in [0.2, 0.25) is 0 Å². The number of aromatic nitrogens is 2. The highest BCUT2D eigenvalue weighted by Gasteiger charge is 1.66. The van der Waals surface area contributed by atoms with E-state index in [-0.39, 0.29) is 0 Å². The Kier molecular flexibility index (Phi) is 5.01. The molecule has 1 aromatic heterocycles. The normalized spacial score (nSPS) is 7.33. The quantitative estimate of drug-likeness (QED) is 0.562. The average Bonchev–Trinajstić information content (AvgIpc) is 1.94. The van der Waals surface area contributed by atoms with E-state index in [0.29, 0.717) is 4.64 Å². The van der Waals surface area contributed by atoms with Gasteiger partial charge in [0, 0.05) is 12.4 Å². The maximum Gasteiger partial charge on any atom is 0.121 e. The number of rotatable bonds is 0. The highest BCUT2D eigenvalue weighted by atomic mass is 32.1. The van der Waals surface area contributed by atoms with E-state index < -0.39 is 0 Å². The minimum absolute atomic E-state index is 0.669. The lowest BCUT2D eigenvalue weighted by Crippen LogP contribution is -1.71. The first-order valence-electron chi connectivity index (χ1n) is 2.88. The van der Waals surface area contributed by atoms with Crippen molar-refractivity contribution in [1.29, 1.82) is 0 Å². The summed E-state index contributed by atoms with van der Waals surface area (Å²) in [5, 5.41) is 0. The first-order chi connectivity index (χ1) is 4.39. The fourth-order valence-electron chi connectivity index (χ4n) is 0.310. The monoisotopic (exact) mass is 142 g/mol. The van der Waals surface area contributed by atoms with Gasteiger partial charge in [-0.25, -0.2) is 0 Å². The van der Waals surface area contributed by atoms with Gasteiger partial charge < -0.3 is 4.98 Å². The molecule has 0 saturated heterocycles. The Morgan fingerprint density at radius 2 is 2.22 bits per heavy atom. The maximum atomic E-state index is 4.69. The third-order valence-corrected chi connectivity index (χ3v) is 0.801. The zero-order chi connectivity index (χ0) is 7.11. The Bertz CT molecular complexity index is 177. The van der Waals surface area contributed by atoms with Gasteiger partial charge in [0.25, 0.3) is 0 Å². The summed E-state index contributed by atoms with van der Waals surface area (Å²) < 4.78 is 0.669. The van der Waals surface area contributed by atoms with Crippen molar-refractivity contribution in [2.45, 2.75) is 13.8 Å². The van der Waals surface area contributed by atoms with Crippen LogP contribution in [-0.2, 0) is 0 Å². The second kappa shape index (κ2) is 5.44. The van der Waals surface area contributed by atoms with Crippen LogP contribution in [0.15, 0.2) is 18.6 Å².